The number of hydrogen-bond acceptors (Lipinski definition) is 7. The van der Waals surface area contributed by atoms with Crippen molar-refractivity contribution in [2.75, 3.05) is 24.7 Å². The second-order valence-corrected chi connectivity index (χ2v) is 8.32. The zero-order valence-corrected chi connectivity index (χ0v) is 15.7. The molecule has 0 atom stereocenters. The number of aromatic nitrogens is 3. The largest absolute Gasteiger partial charge is 0.361 e. The molecule has 27 heavy (non-hydrogen) atoms. The van der Waals surface area contributed by atoms with Gasteiger partial charge in [0.2, 0.25) is 10.0 Å². The van der Waals surface area contributed by atoms with Crippen LogP contribution in [-0.4, -0.2) is 65.3 Å². The number of aromatic amines is 1. The molecule has 3 N–H and O–H groups in total. The fraction of sp³-hybridized carbons (Fsp3) is 0.467. The van der Waals surface area contributed by atoms with E-state index in [1.54, 1.807) is 6.92 Å². The molecule has 0 bridgehead atoms. The minimum Gasteiger partial charge on any atom is -0.361 e. The maximum atomic E-state index is 12.5. The summed E-state index contributed by atoms with van der Waals surface area (Å²) in [6.45, 7) is 2.36. The quantitative estimate of drug-likeness (QED) is 0.649. The number of anilines is 1. The van der Waals surface area contributed by atoms with Crippen molar-refractivity contribution in [2.24, 2.45) is 0 Å². The Labute approximate surface area is 155 Å². The molecular weight excluding hydrogens is 376 g/mol. The molecule has 2 aromatic heterocycles. The molecule has 0 saturated carbocycles. The Morgan fingerprint density at radius 3 is 2.59 bits per heavy atom. The van der Waals surface area contributed by atoms with Gasteiger partial charge < -0.3 is 15.2 Å². The zero-order valence-electron chi connectivity index (χ0n) is 14.9. The summed E-state index contributed by atoms with van der Waals surface area (Å²) in [6, 6.07) is 1.30. The fourth-order valence-corrected chi connectivity index (χ4v) is 3.68. The molecule has 1 aliphatic rings. The van der Waals surface area contributed by atoms with Crippen molar-refractivity contribution in [1.29, 1.82) is 0 Å². The van der Waals surface area contributed by atoms with E-state index in [1.807, 2.05) is 0 Å². The van der Waals surface area contributed by atoms with Crippen LogP contribution in [0.2, 0.25) is 0 Å². The summed E-state index contributed by atoms with van der Waals surface area (Å²) in [6.07, 6.45) is 3.57. The molecule has 12 heteroatoms. The first-order valence-electron chi connectivity index (χ1n) is 8.28. The molecule has 0 aromatic carbocycles. The van der Waals surface area contributed by atoms with Crippen LogP contribution in [0.4, 0.5) is 5.69 Å². The van der Waals surface area contributed by atoms with Gasteiger partial charge in [-0.3, -0.25) is 14.7 Å². The monoisotopic (exact) mass is 396 g/mol. The highest BCUT2D eigenvalue weighted by atomic mass is 32.2. The van der Waals surface area contributed by atoms with Crippen molar-refractivity contribution in [3.63, 3.8) is 0 Å². The van der Waals surface area contributed by atoms with Crippen LogP contribution in [0.15, 0.2) is 16.8 Å². The van der Waals surface area contributed by atoms with Crippen molar-refractivity contribution in [3.05, 3.63) is 29.4 Å². The van der Waals surface area contributed by atoms with Gasteiger partial charge in [-0.25, -0.2) is 12.7 Å². The molecule has 1 aliphatic heterocycles. The standard InChI is InChI=1S/C15H20N6O5S/c1-9-7-11(20-26-9)14(22)18-12-8-16-19-13(12)15(23)17-10-3-5-21(6-4-10)27(2,24)25/h7-8,10H,3-6H2,1-2H3,(H,16,19)(H,17,23)(H,18,22). The lowest BCUT2D eigenvalue weighted by molar-refractivity contribution is 0.0919. The number of rotatable bonds is 5. The summed E-state index contributed by atoms with van der Waals surface area (Å²) in [5, 5.41) is 15.4. The highest BCUT2D eigenvalue weighted by Crippen LogP contribution is 2.17. The average Bonchev–Trinajstić information content (AvgIpc) is 3.23. The molecule has 1 fully saturated rings. The Hall–Kier alpha value is -2.73. The fourth-order valence-electron chi connectivity index (χ4n) is 2.80. The van der Waals surface area contributed by atoms with E-state index in [1.165, 1.54) is 22.8 Å². The SMILES string of the molecule is Cc1cc(C(=O)Nc2c[nH]nc2C(=O)NC2CCN(S(C)(=O)=O)CC2)no1. The summed E-state index contributed by atoms with van der Waals surface area (Å²) in [4.78, 5) is 24.6. The molecule has 146 valence electrons. The Kier molecular flexibility index (Phi) is 5.28. The predicted octanol–water partition coefficient (Wildman–Crippen LogP) is 0.112. The molecule has 3 heterocycles. The van der Waals surface area contributed by atoms with E-state index < -0.39 is 21.8 Å². The van der Waals surface area contributed by atoms with Gasteiger partial charge in [0, 0.05) is 31.4 Å². The maximum Gasteiger partial charge on any atom is 0.277 e. The molecule has 2 amide bonds. The lowest BCUT2D eigenvalue weighted by Gasteiger charge is -2.30. The van der Waals surface area contributed by atoms with Crippen LogP contribution in [0.3, 0.4) is 0 Å². The lowest BCUT2D eigenvalue weighted by Crippen LogP contribution is -2.46. The number of piperidine rings is 1. The van der Waals surface area contributed by atoms with Gasteiger partial charge in [0.1, 0.15) is 5.76 Å². The molecule has 0 spiro atoms. The Morgan fingerprint density at radius 2 is 2.00 bits per heavy atom. The van der Waals surface area contributed by atoms with Gasteiger partial charge in [-0.15, -0.1) is 0 Å². The maximum absolute atomic E-state index is 12.5. The van der Waals surface area contributed by atoms with Gasteiger partial charge in [0.25, 0.3) is 11.8 Å². The first-order valence-corrected chi connectivity index (χ1v) is 10.1. The van der Waals surface area contributed by atoms with Gasteiger partial charge in [-0.05, 0) is 19.8 Å². The Balaban J connectivity index is 1.60. The van der Waals surface area contributed by atoms with Crippen LogP contribution in [-0.2, 0) is 10.0 Å². The zero-order chi connectivity index (χ0) is 19.6. The number of carbonyl (C=O) groups excluding carboxylic acids is 2. The van der Waals surface area contributed by atoms with Crippen LogP contribution in [0, 0.1) is 6.92 Å². The van der Waals surface area contributed by atoms with E-state index in [0.717, 1.165) is 0 Å². The number of carbonyl (C=O) groups is 2. The topological polar surface area (TPSA) is 150 Å². The van der Waals surface area contributed by atoms with E-state index >= 15 is 0 Å². The number of H-pyrrole nitrogens is 1. The predicted molar refractivity (Wildman–Crippen MR) is 94.7 cm³/mol. The summed E-state index contributed by atoms with van der Waals surface area (Å²) < 4.78 is 29.3. The van der Waals surface area contributed by atoms with Crippen molar-refractivity contribution in [3.8, 4) is 0 Å². The van der Waals surface area contributed by atoms with Gasteiger partial charge >= 0.3 is 0 Å². The molecule has 3 rings (SSSR count). The van der Waals surface area contributed by atoms with E-state index in [4.69, 9.17) is 4.52 Å². The summed E-state index contributed by atoms with van der Waals surface area (Å²) in [7, 11) is -3.22. The number of nitrogens with zero attached hydrogens (tertiary/aromatic N) is 3. The highest BCUT2D eigenvalue weighted by Gasteiger charge is 2.27. The van der Waals surface area contributed by atoms with Crippen molar-refractivity contribution in [1.82, 2.24) is 25.0 Å². The minimum atomic E-state index is -3.22. The third-order valence-corrected chi connectivity index (χ3v) is 5.53. The van der Waals surface area contributed by atoms with Gasteiger partial charge in [-0.2, -0.15) is 5.10 Å². The highest BCUT2D eigenvalue weighted by molar-refractivity contribution is 7.88. The number of aryl methyl sites for hydroxylation is 1. The van der Waals surface area contributed by atoms with Gasteiger partial charge in [-0.1, -0.05) is 5.16 Å². The molecule has 2 aromatic rings. The van der Waals surface area contributed by atoms with E-state index in [9.17, 15) is 18.0 Å². The molecule has 11 nitrogen and oxygen atoms in total. The lowest BCUT2D eigenvalue weighted by atomic mass is 10.1. The van der Waals surface area contributed by atoms with E-state index in [2.05, 4.69) is 26.0 Å². The van der Waals surface area contributed by atoms with Crippen LogP contribution < -0.4 is 10.6 Å². The number of sulfonamides is 1. The summed E-state index contributed by atoms with van der Waals surface area (Å²) >= 11 is 0. The normalized spacial score (nSPS) is 16.2. The van der Waals surface area contributed by atoms with Crippen LogP contribution >= 0.6 is 0 Å². The molecule has 0 aliphatic carbocycles. The molecule has 1 saturated heterocycles. The van der Waals surface area contributed by atoms with Crippen molar-refractivity contribution < 1.29 is 22.5 Å². The van der Waals surface area contributed by atoms with Gasteiger partial charge in [0.05, 0.1) is 11.9 Å². The molecule has 0 radical (unpaired) electrons. The third kappa shape index (κ3) is 4.52. The third-order valence-electron chi connectivity index (χ3n) is 4.22. The first-order chi connectivity index (χ1) is 12.7. The summed E-state index contributed by atoms with van der Waals surface area (Å²) in [5.41, 5.74) is 0.342. The average molecular weight is 396 g/mol. The van der Waals surface area contributed by atoms with Crippen LogP contribution in [0.25, 0.3) is 0 Å². The second kappa shape index (κ2) is 7.48. The molecule has 0 unspecified atom stereocenters. The Bertz CT molecular complexity index is 942. The minimum absolute atomic E-state index is 0.0362. The summed E-state index contributed by atoms with van der Waals surface area (Å²) in [5.74, 6) is -0.491. The van der Waals surface area contributed by atoms with Crippen LogP contribution in [0.1, 0.15) is 39.6 Å². The number of amides is 2. The van der Waals surface area contributed by atoms with E-state index in [0.29, 0.717) is 31.7 Å². The van der Waals surface area contributed by atoms with Crippen LogP contribution in [0.5, 0.6) is 0 Å². The van der Waals surface area contributed by atoms with Gasteiger partial charge in [0.15, 0.2) is 11.4 Å². The van der Waals surface area contributed by atoms with E-state index in [-0.39, 0.29) is 23.1 Å². The second-order valence-electron chi connectivity index (χ2n) is 6.33. The van der Waals surface area contributed by atoms with Crippen molar-refractivity contribution >= 4 is 27.5 Å². The Morgan fingerprint density at radius 1 is 1.30 bits per heavy atom. The first kappa shape index (κ1) is 19.0. The molecular formula is C15H20N6O5S. The number of hydrogen-bond donors (Lipinski definition) is 3. The smallest absolute Gasteiger partial charge is 0.277 e. The van der Waals surface area contributed by atoms with Crippen molar-refractivity contribution in [2.45, 2.75) is 25.8 Å². The number of nitrogens with one attached hydrogen (secondary N) is 3.